The van der Waals surface area contributed by atoms with E-state index >= 15 is 0 Å². The van der Waals surface area contributed by atoms with Gasteiger partial charge < -0.3 is 10.1 Å². The molecule has 0 aliphatic carbocycles. The third-order valence-electron chi connectivity index (χ3n) is 3.76. The molecule has 1 saturated heterocycles. The molecule has 1 aliphatic heterocycles. The summed E-state index contributed by atoms with van der Waals surface area (Å²) in [6.07, 6.45) is 3.21. The average molecular weight is 266 g/mol. The molecule has 1 fully saturated rings. The summed E-state index contributed by atoms with van der Waals surface area (Å²) in [5, 5.41) is 7.70. The van der Waals surface area contributed by atoms with Gasteiger partial charge in [0.2, 0.25) is 0 Å². The Hall–Kier alpha value is -0.910. The Bertz CT molecular complexity index is 377. The van der Waals surface area contributed by atoms with Gasteiger partial charge in [-0.3, -0.25) is 9.58 Å². The van der Waals surface area contributed by atoms with Gasteiger partial charge in [-0.15, -0.1) is 0 Å². The molecular formula is C14H26N4O. The molecule has 0 amide bonds. The first-order valence-electron chi connectivity index (χ1n) is 7.33. The van der Waals surface area contributed by atoms with E-state index in [4.69, 9.17) is 4.74 Å². The van der Waals surface area contributed by atoms with E-state index in [9.17, 15) is 0 Å². The van der Waals surface area contributed by atoms with Gasteiger partial charge in [0, 0.05) is 25.8 Å². The van der Waals surface area contributed by atoms with Gasteiger partial charge in [-0.25, -0.2) is 0 Å². The Balaban J connectivity index is 2.25. The van der Waals surface area contributed by atoms with Crippen LogP contribution >= 0.6 is 0 Å². The van der Waals surface area contributed by atoms with Crippen molar-refractivity contribution >= 4 is 0 Å². The van der Waals surface area contributed by atoms with Gasteiger partial charge in [-0.1, -0.05) is 13.8 Å². The van der Waals surface area contributed by atoms with Crippen molar-refractivity contribution in [1.82, 2.24) is 20.0 Å². The van der Waals surface area contributed by atoms with E-state index in [-0.39, 0.29) is 6.10 Å². The standard InChI is InChI=1S/C14H26N4O/c1-4-8-18-12(6-7-16-18)14-13(11-15-3)19-10-9-17(14)5-2/h6-7,13-15H,4-5,8-11H2,1-3H3. The minimum atomic E-state index is 0.200. The fourth-order valence-electron chi connectivity index (χ4n) is 2.88. The van der Waals surface area contributed by atoms with E-state index in [1.807, 2.05) is 13.2 Å². The third kappa shape index (κ3) is 3.16. The zero-order valence-corrected chi connectivity index (χ0v) is 12.3. The van der Waals surface area contributed by atoms with Gasteiger partial charge in [0.05, 0.1) is 24.4 Å². The predicted octanol–water partition coefficient (Wildman–Crippen LogP) is 1.27. The van der Waals surface area contributed by atoms with Crippen molar-refractivity contribution in [2.45, 2.75) is 39.0 Å². The molecule has 0 bridgehead atoms. The Kier molecular flexibility index (Phi) is 5.36. The summed E-state index contributed by atoms with van der Waals surface area (Å²) in [5.41, 5.74) is 1.28. The van der Waals surface area contributed by atoms with Crippen LogP contribution in [0.2, 0.25) is 0 Å². The molecule has 2 atom stereocenters. The van der Waals surface area contributed by atoms with Crippen LogP contribution < -0.4 is 5.32 Å². The lowest BCUT2D eigenvalue weighted by atomic mass is 10.0. The van der Waals surface area contributed by atoms with Crippen LogP contribution in [0, 0.1) is 0 Å². The SMILES string of the molecule is CCCn1nccc1C1C(CNC)OCCN1CC. The molecule has 0 spiro atoms. The van der Waals surface area contributed by atoms with E-state index in [0.29, 0.717) is 6.04 Å². The Morgan fingerprint density at radius 2 is 2.32 bits per heavy atom. The molecule has 1 N–H and O–H groups in total. The van der Waals surface area contributed by atoms with Crippen molar-refractivity contribution < 1.29 is 4.74 Å². The lowest BCUT2D eigenvalue weighted by Gasteiger charge is -2.40. The fourth-order valence-corrected chi connectivity index (χ4v) is 2.88. The van der Waals surface area contributed by atoms with Crippen molar-refractivity contribution in [1.29, 1.82) is 0 Å². The molecule has 2 rings (SSSR count). The van der Waals surface area contributed by atoms with Crippen LogP contribution in [0.15, 0.2) is 12.3 Å². The Morgan fingerprint density at radius 1 is 1.47 bits per heavy atom. The van der Waals surface area contributed by atoms with Gasteiger partial charge in [0.25, 0.3) is 0 Å². The largest absolute Gasteiger partial charge is 0.374 e. The van der Waals surface area contributed by atoms with Crippen molar-refractivity contribution in [2.75, 3.05) is 33.3 Å². The highest BCUT2D eigenvalue weighted by molar-refractivity contribution is 5.11. The van der Waals surface area contributed by atoms with Crippen LogP contribution in [-0.4, -0.2) is 54.1 Å². The number of hydrogen-bond donors (Lipinski definition) is 1. The van der Waals surface area contributed by atoms with Gasteiger partial charge in [0.15, 0.2) is 0 Å². The van der Waals surface area contributed by atoms with Crippen LogP contribution in [0.25, 0.3) is 0 Å². The number of aromatic nitrogens is 2. The first-order valence-corrected chi connectivity index (χ1v) is 7.33. The van der Waals surface area contributed by atoms with E-state index in [1.165, 1.54) is 5.69 Å². The number of nitrogens with one attached hydrogen (secondary N) is 1. The number of rotatable bonds is 6. The van der Waals surface area contributed by atoms with Crippen LogP contribution in [-0.2, 0) is 11.3 Å². The normalized spacial score (nSPS) is 24.8. The monoisotopic (exact) mass is 266 g/mol. The molecule has 5 nitrogen and oxygen atoms in total. The van der Waals surface area contributed by atoms with E-state index < -0.39 is 0 Å². The average Bonchev–Trinajstić information content (AvgIpc) is 2.87. The van der Waals surface area contributed by atoms with Gasteiger partial charge in [-0.2, -0.15) is 5.10 Å². The molecule has 0 aromatic carbocycles. The molecule has 0 radical (unpaired) electrons. The molecule has 5 heteroatoms. The Labute approximate surface area is 115 Å². The highest BCUT2D eigenvalue weighted by Crippen LogP contribution is 2.29. The molecule has 108 valence electrons. The lowest BCUT2D eigenvalue weighted by Crippen LogP contribution is -2.49. The van der Waals surface area contributed by atoms with Crippen LogP contribution in [0.3, 0.4) is 0 Å². The van der Waals surface area contributed by atoms with E-state index in [2.05, 4.69) is 39.9 Å². The number of likely N-dealkylation sites (N-methyl/N-ethyl adjacent to an activating group) is 2. The second-order valence-electron chi connectivity index (χ2n) is 5.02. The minimum Gasteiger partial charge on any atom is -0.374 e. The van der Waals surface area contributed by atoms with E-state index in [1.54, 1.807) is 0 Å². The van der Waals surface area contributed by atoms with Crippen LogP contribution in [0.4, 0.5) is 0 Å². The zero-order valence-electron chi connectivity index (χ0n) is 12.3. The van der Waals surface area contributed by atoms with E-state index in [0.717, 1.165) is 39.2 Å². The maximum Gasteiger partial charge on any atom is 0.0911 e. The van der Waals surface area contributed by atoms with Gasteiger partial charge >= 0.3 is 0 Å². The highest BCUT2D eigenvalue weighted by atomic mass is 16.5. The number of nitrogens with zero attached hydrogens (tertiary/aromatic N) is 3. The fraction of sp³-hybridized carbons (Fsp3) is 0.786. The maximum absolute atomic E-state index is 5.97. The number of ether oxygens (including phenoxy) is 1. The van der Waals surface area contributed by atoms with Gasteiger partial charge in [0.1, 0.15) is 0 Å². The van der Waals surface area contributed by atoms with Crippen molar-refractivity contribution in [3.05, 3.63) is 18.0 Å². The summed E-state index contributed by atoms with van der Waals surface area (Å²) in [6.45, 7) is 9.12. The topological polar surface area (TPSA) is 42.3 Å². The summed E-state index contributed by atoms with van der Waals surface area (Å²) in [6, 6.07) is 2.44. The lowest BCUT2D eigenvalue weighted by molar-refractivity contribution is -0.0713. The molecule has 2 unspecified atom stereocenters. The summed E-state index contributed by atoms with van der Waals surface area (Å²) >= 11 is 0. The second kappa shape index (κ2) is 7.03. The molecule has 2 heterocycles. The van der Waals surface area contributed by atoms with Gasteiger partial charge in [-0.05, 0) is 26.1 Å². The predicted molar refractivity (Wildman–Crippen MR) is 76.2 cm³/mol. The molecule has 0 saturated carbocycles. The summed E-state index contributed by atoms with van der Waals surface area (Å²) in [4.78, 5) is 2.49. The third-order valence-corrected chi connectivity index (χ3v) is 3.76. The second-order valence-corrected chi connectivity index (χ2v) is 5.02. The minimum absolute atomic E-state index is 0.200. The maximum atomic E-state index is 5.97. The molecule has 19 heavy (non-hydrogen) atoms. The summed E-state index contributed by atoms with van der Waals surface area (Å²) in [7, 11) is 1.98. The van der Waals surface area contributed by atoms with Crippen molar-refractivity contribution in [2.24, 2.45) is 0 Å². The molecular weight excluding hydrogens is 240 g/mol. The van der Waals surface area contributed by atoms with Crippen molar-refractivity contribution in [3.8, 4) is 0 Å². The first-order chi connectivity index (χ1) is 9.31. The number of aryl methyl sites for hydroxylation is 1. The summed E-state index contributed by atoms with van der Waals surface area (Å²) in [5.74, 6) is 0. The first kappa shape index (κ1) is 14.5. The van der Waals surface area contributed by atoms with Crippen LogP contribution in [0.1, 0.15) is 32.0 Å². The Morgan fingerprint density at radius 3 is 3.00 bits per heavy atom. The van der Waals surface area contributed by atoms with Crippen molar-refractivity contribution in [3.63, 3.8) is 0 Å². The molecule has 1 aromatic heterocycles. The highest BCUT2D eigenvalue weighted by Gasteiger charge is 2.34. The molecule has 1 aromatic rings. The zero-order chi connectivity index (χ0) is 13.7. The quantitative estimate of drug-likeness (QED) is 0.842. The smallest absolute Gasteiger partial charge is 0.0911 e. The van der Waals surface area contributed by atoms with Crippen LogP contribution in [0.5, 0.6) is 0 Å². The number of hydrogen-bond acceptors (Lipinski definition) is 4. The molecule has 1 aliphatic rings. The summed E-state index contributed by atoms with van der Waals surface area (Å²) < 4.78 is 8.10. The number of morpholine rings is 1.